The Morgan fingerprint density at radius 1 is 1.11 bits per heavy atom. The van der Waals surface area contributed by atoms with E-state index in [1.165, 1.54) is 0 Å². The van der Waals surface area contributed by atoms with Crippen LogP contribution < -0.4 is 4.74 Å². The first-order chi connectivity index (χ1) is 8.86. The Bertz CT molecular complexity index is 474. The predicted molar refractivity (Wildman–Crippen MR) is 68.4 cm³/mol. The second-order valence-corrected chi connectivity index (χ2v) is 3.86. The van der Waals surface area contributed by atoms with Crippen LogP contribution in [-0.4, -0.2) is 23.2 Å². The quantitative estimate of drug-likeness (QED) is 0.732. The largest absolute Gasteiger partial charge is 0.491 e. The van der Waals surface area contributed by atoms with Gasteiger partial charge >= 0.3 is 0 Å². The van der Waals surface area contributed by atoms with Crippen LogP contribution in [-0.2, 0) is 11.3 Å². The number of nitrogens with zero attached hydrogens (tertiary/aromatic N) is 2. The van der Waals surface area contributed by atoms with E-state index in [1.54, 1.807) is 18.6 Å². The van der Waals surface area contributed by atoms with Gasteiger partial charge in [0, 0.05) is 24.2 Å². The Hall–Kier alpha value is -1.94. The number of hydrogen-bond acceptors (Lipinski definition) is 4. The predicted octanol–water partition coefficient (Wildman–Crippen LogP) is 2.38. The molecule has 2 aromatic heterocycles. The van der Waals surface area contributed by atoms with Gasteiger partial charge in [-0.15, -0.1) is 0 Å². The number of aromatic nitrogens is 2. The van der Waals surface area contributed by atoms with Crippen LogP contribution in [0.3, 0.4) is 0 Å². The third-order valence-corrected chi connectivity index (χ3v) is 2.43. The van der Waals surface area contributed by atoms with Crippen LogP contribution >= 0.6 is 0 Å². The maximum absolute atomic E-state index is 5.59. The SMILES string of the molecule is Cc1cnccc1OCCOCc1ccccn1. The van der Waals surface area contributed by atoms with E-state index < -0.39 is 0 Å². The van der Waals surface area contributed by atoms with Gasteiger partial charge in [0.05, 0.1) is 18.9 Å². The molecule has 0 aliphatic rings. The molecule has 0 fully saturated rings. The number of hydrogen-bond donors (Lipinski definition) is 0. The second-order valence-electron chi connectivity index (χ2n) is 3.86. The highest BCUT2D eigenvalue weighted by atomic mass is 16.5. The zero-order chi connectivity index (χ0) is 12.6. The molecule has 0 unspecified atom stereocenters. The molecule has 0 atom stereocenters. The smallest absolute Gasteiger partial charge is 0.125 e. The molecule has 2 aromatic rings. The molecule has 0 radical (unpaired) electrons. The van der Waals surface area contributed by atoms with Crippen molar-refractivity contribution in [1.82, 2.24) is 9.97 Å². The first kappa shape index (κ1) is 12.5. The van der Waals surface area contributed by atoms with Crippen molar-refractivity contribution in [2.24, 2.45) is 0 Å². The van der Waals surface area contributed by atoms with Crippen LogP contribution in [0.25, 0.3) is 0 Å². The van der Waals surface area contributed by atoms with E-state index >= 15 is 0 Å². The van der Waals surface area contributed by atoms with Gasteiger partial charge < -0.3 is 9.47 Å². The minimum atomic E-state index is 0.513. The van der Waals surface area contributed by atoms with E-state index in [9.17, 15) is 0 Å². The summed E-state index contributed by atoms with van der Waals surface area (Å²) in [7, 11) is 0. The Labute approximate surface area is 107 Å². The minimum absolute atomic E-state index is 0.513. The molecule has 94 valence electrons. The molecule has 18 heavy (non-hydrogen) atoms. The van der Waals surface area contributed by atoms with Crippen LogP contribution in [0.15, 0.2) is 42.9 Å². The zero-order valence-corrected chi connectivity index (χ0v) is 10.4. The molecular weight excluding hydrogens is 228 g/mol. The van der Waals surface area contributed by atoms with Crippen LogP contribution in [0.1, 0.15) is 11.3 Å². The molecule has 0 N–H and O–H groups in total. The standard InChI is InChI=1S/C14H16N2O2/c1-12-10-15-7-5-14(12)18-9-8-17-11-13-4-2-3-6-16-13/h2-7,10H,8-9,11H2,1H3. The molecule has 2 rings (SSSR count). The Morgan fingerprint density at radius 2 is 2.06 bits per heavy atom. The van der Waals surface area contributed by atoms with Crippen molar-refractivity contribution in [3.8, 4) is 5.75 Å². The van der Waals surface area contributed by atoms with Gasteiger partial charge in [0.2, 0.25) is 0 Å². The monoisotopic (exact) mass is 244 g/mol. The van der Waals surface area contributed by atoms with E-state index in [1.807, 2.05) is 31.2 Å². The molecule has 0 aliphatic heterocycles. The van der Waals surface area contributed by atoms with Gasteiger partial charge in [-0.25, -0.2) is 0 Å². The van der Waals surface area contributed by atoms with E-state index in [0.29, 0.717) is 19.8 Å². The van der Waals surface area contributed by atoms with E-state index in [4.69, 9.17) is 9.47 Å². The summed E-state index contributed by atoms with van der Waals surface area (Å²) in [6.45, 7) is 3.55. The van der Waals surface area contributed by atoms with Gasteiger partial charge in [0.15, 0.2) is 0 Å². The fourth-order valence-electron chi connectivity index (χ4n) is 1.49. The van der Waals surface area contributed by atoms with Crippen LogP contribution in [0.5, 0.6) is 5.75 Å². The minimum Gasteiger partial charge on any atom is -0.491 e. The number of aryl methyl sites for hydroxylation is 1. The number of pyridine rings is 2. The highest BCUT2D eigenvalue weighted by Gasteiger charge is 1.98. The summed E-state index contributed by atoms with van der Waals surface area (Å²) in [6.07, 6.45) is 5.26. The fraction of sp³-hybridized carbons (Fsp3) is 0.286. The third-order valence-electron chi connectivity index (χ3n) is 2.43. The third kappa shape index (κ3) is 3.82. The van der Waals surface area contributed by atoms with Gasteiger partial charge in [-0.1, -0.05) is 6.07 Å². The summed E-state index contributed by atoms with van der Waals surface area (Å²) >= 11 is 0. The fourth-order valence-corrected chi connectivity index (χ4v) is 1.49. The summed E-state index contributed by atoms with van der Waals surface area (Å²) in [5, 5.41) is 0. The molecule has 0 aromatic carbocycles. The molecule has 4 heteroatoms. The molecule has 0 saturated heterocycles. The average Bonchev–Trinajstić information content (AvgIpc) is 2.42. The first-order valence-corrected chi connectivity index (χ1v) is 5.87. The molecule has 0 amide bonds. The Morgan fingerprint density at radius 3 is 2.83 bits per heavy atom. The van der Waals surface area contributed by atoms with Crippen LogP contribution in [0.4, 0.5) is 0 Å². The van der Waals surface area contributed by atoms with Crippen molar-refractivity contribution < 1.29 is 9.47 Å². The van der Waals surface area contributed by atoms with Gasteiger partial charge in [0.25, 0.3) is 0 Å². The lowest BCUT2D eigenvalue weighted by atomic mass is 10.3. The summed E-state index contributed by atoms with van der Waals surface area (Å²) in [6, 6.07) is 7.63. The van der Waals surface area contributed by atoms with Gasteiger partial charge in [-0.2, -0.15) is 0 Å². The molecule has 0 spiro atoms. The molecular formula is C14H16N2O2. The number of rotatable bonds is 6. The molecule has 0 aliphatic carbocycles. The first-order valence-electron chi connectivity index (χ1n) is 5.87. The van der Waals surface area contributed by atoms with Crippen LogP contribution in [0.2, 0.25) is 0 Å². The normalized spacial score (nSPS) is 10.3. The van der Waals surface area contributed by atoms with Gasteiger partial charge in [-0.3, -0.25) is 9.97 Å². The van der Waals surface area contributed by atoms with E-state index in [0.717, 1.165) is 17.0 Å². The van der Waals surface area contributed by atoms with E-state index in [2.05, 4.69) is 9.97 Å². The lowest BCUT2D eigenvalue weighted by Crippen LogP contribution is -2.07. The summed E-state index contributed by atoms with van der Waals surface area (Å²) in [4.78, 5) is 8.18. The number of ether oxygens (including phenoxy) is 2. The molecule has 0 saturated carbocycles. The molecule has 0 bridgehead atoms. The van der Waals surface area contributed by atoms with Gasteiger partial charge in [0.1, 0.15) is 12.4 Å². The molecule has 2 heterocycles. The summed E-state index contributed by atoms with van der Waals surface area (Å²) in [5.41, 5.74) is 1.96. The summed E-state index contributed by atoms with van der Waals surface area (Å²) < 4.78 is 11.1. The second kappa shape index (κ2) is 6.71. The maximum atomic E-state index is 5.59. The van der Waals surface area contributed by atoms with Crippen molar-refractivity contribution in [2.45, 2.75) is 13.5 Å². The Kier molecular flexibility index (Phi) is 4.67. The lowest BCUT2D eigenvalue weighted by molar-refractivity contribution is 0.0867. The highest BCUT2D eigenvalue weighted by molar-refractivity contribution is 5.28. The Balaban J connectivity index is 1.66. The average molecular weight is 244 g/mol. The van der Waals surface area contributed by atoms with Crippen molar-refractivity contribution >= 4 is 0 Å². The lowest BCUT2D eigenvalue weighted by Gasteiger charge is -2.08. The van der Waals surface area contributed by atoms with Crippen molar-refractivity contribution in [1.29, 1.82) is 0 Å². The van der Waals surface area contributed by atoms with Crippen molar-refractivity contribution in [2.75, 3.05) is 13.2 Å². The highest BCUT2D eigenvalue weighted by Crippen LogP contribution is 2.14. The van der Waals surface area contributed by atoms with Gasteiger partial charge in [-0.05, 0) is 25.1 Å². The molecule has 4 nitrogen and oxygen atoms in total. The van der Waals surface area contributed by atoms with Crippen LogP contribution in [0, 0.1) is 6.92 Å². The van der Waals surface area contributed by atoms with Crippen molar-refractivity contribution in [3.63, 3.8) is 0 Å². The summed E-state index contributed by atoms with van der Waals surface area (Å²) in [5.74, 6) is 0.853. The zero-order valence-electron chi connectivity index (χ0n) is 10.4. The van der Waals surface area contributed by atoms with E-state index in [-0.39, 0.29) is 0 Å². The topological polar surface area (TPSA) is 44.2 Å². The van der Waals surface area contributed by atoms with Crippen molar-refractivity contribution in [3.05, 3.63) is 54.1 Å². The maximum Gasteiger partial charge on any atom is 0.125 e.